The van der Waals surface area contributed by atoms with Gasteiger partial charge in [-0.25, -0.2) is 13.9 Å². The zero-order valence-electron chi connectivity index (χ0n) is 14.0. The molecule has 0 aromatic carbocycles. The highest BCUT2D eigenvalue weighted by Crippen LogP contribution is 2.30. The van der Waals surface area contributed by atoms with Crippen molar-refractivity contribution in [2.24, 2.45) is 0 Å². The number of nitrogens with zero attached hydrogens (tertiary/aromatic N) is 5. The molecule has 0 spiro atoms. The van der Waals surface area contributed by atoms with Gasteiger partial charge in [0.1, 0.15) is 17.4 Å². The fourth-order valence-corrected chi connectivity index (χ4v) is 3.50. The third-order valence-electron chi connectivity index (χ3n) is 4.74. The van der Waals surface area contributed by atoms with E-state index in [9.17, 15) is 9.18 Å². The Morgan fingerprint density at radius 1 is 1.38 bits per heavy atom. The lowest BCUT2D eigenvalue weighted by atomic mass is 9.98. The number of fused-ring (bicyclic) bond motifs is 1. The zero-order valence-corrected chi connectivity index (χ0v) is 14.0. The summed E-state index contributed by atoms with van der Waals surface area (Å²) in [4.78, 5) is 23.2. The van der Waals surface area contributed by atoms with Gasteiger partial charge in [0.25, 0.3) is 5.56 Å². The molecule has 132 valence electrons. The summed E-state index contributed by atoms with van der Waals surface area (Å²) in [5.74, 6) is -0.354. The molecular weight excluding hydrogens is 335 g/mol. The maximum absolute atomic E-state index is 13.2. The standard InChI is InChI=1S/C18H17FN6O/c19-13-4-5-15(21-10-13)16-3-1-2-6-24(16)11-14-7-17(26)25-18(23-14)12(8-20)9-22-25/h4-5,7,9-10,16,22H,1-3,6,11H2. The number of rotatable bonds is 3. The Morgan fingerprint density at radius 2 is 2.27 bits per heavy atom. The van der Waals surface area contributed by atoms with E-state index in [4.69, 9.17) is 5.26 Å². The summed E-state index contributed by atoms with van der Waals surface area (Å²) in [6.07, 6.45) is 5.75. The third kappa shape index (κ3) is 2.97. The smallest absolute Gasteiger partial charge is 0.272 e. The molecule has 1 aliphatic heterocycles. The summed E-state index contributed by atoms with van der Waals surface area (Å²) in [7, 11) is 0. The molecule has 7 nitrogen and oxygen atoms in total. The van der Waals surface area contributed by atoms with E-state index >= 15 is 0 Å². The predicted octanol–water partition coefficient (Wildman–Crippen LogP) is 2.16. The van der Waals surface area contributed by atoms with Crippen molar-refractivity contribution < 1.29 is 4.39 Å². The molecular formula is C18H17FN6O. The van der Waals surface area contributed by atoms with Gasteiger partial charge in [-0.3, -0.25) is 19.8 Å². The van der Waals surface area contributed by atoms with Crippen molar-refractivity contribution in [2.75, 3.05) is 6.54 Å². The van der Waals surface area contributed by atoms with Crippen LogP contribution >= 0.6 is 0 Å². The minimum Gasteiger partial charge on any atom is -0.295 e. The van der Waals surface area contributed by atoms with Gasteiger partial charge >= 0.3 is 0 Å². The lowest BCUT2D eigenvalue weighted by Gasteiger charge is -2.35. The Labute approximate surface area is 148 Å². The Bertz CT molecular complexity index is 1030. The molecule has 1 fully saturated rings. The topological polar surface area (TPSA) is 90.1 Å². The maximum Gasteiger partial charge on any atom is 0.272 e. The molecule has 1 unspecified atom stereocenters. The van der Waals surface area contributed by atoms with E-state index in [1.165, 1.54) is 29.0 Å². The van der Waals surface area contributed by atoms with Gasteiger partial charge < -0.3 is 0 Å². The lowest BCUT2D eigenvalue weighted by Crippen LogP contribution is -2.34. The fourth-order valence-electron chi connectivity index (χ4n) is 3.50. The second kappa shape index (κ2) is 6.69. The van der Waals surface area contributed by atoms with Crippen LogP contribution in [0.4, 0.5) is 4.39 Å². The first-order valence-electron chi connectivity index (χ1n) is 8.51. The largest absolute Gasteiger partial charge is 0.295 e. The van der Waals surface area contributed by atoms with E-state index in [2.05, 4.69) is 20.0 Å². The van der Waals surface area contributed by atoms with Crippen LogP contribution in [0.15, 0.2) is 35.4 Å². The molecule has 3 aromatic rings. The third-order valence-corrected chi connectivity index (χ3v) is 4.74. The van der Waals surface area contributed by atoms with Crippen molar-refractivity contribution in [1.82, 2.24) is 24.5 Å². The van der Waals surface area contributed by atoms with Crippen molar-refractivity contribution in [2.45, 2.75) is 31.8 Å². The minimum atomic E-state index is -0.354. The van der Waals surface area contributed by atoms with E-state index in [-0.39, 0.29) is 17.4 Å². The second-order valence-electron chi connectivity index (χ2n) is 6.43. The minimum absolute atomic E-state index is 0.0614. The normalized spacial score (nSPS) is 18.1. The summed E-state index contributed by atoms with van der Waals surface area (Å²) in [5, 5.41) is 11.9. The van der Waals surface area contributed by atoms with E-state index in [1.807, 2.05) is 6.07 Å². The summed E-state index contributed by atoms with van der Waals surface area (Å²) in [5.41, 5.74) is 1.85. The molecule has 1 saturated heterocycles. The molecule has 1 atom stereocenters. The van der Waals surface area contributed by atoms with Crippen LogP contribution < -0.4 is 5.56 Å². The van der Waals surface area contributed by atoms with Crippen molar-refractivity contribution in [3.8, 4) is 6.07 Å². The number of aromatic amines is 1. The number of aromatic nitrogens is 4. The van der Waals surface area contributed by atoms with Gasteiger partial charge in [0.05, 0.1) is 23.6 Å². The quantitative estimate of drug-likeness (QED) is 0.780. The number of H-pyrrole nitrogens is 1. The van der Waals surface area contributed by atoms with Gasteiger partial charge in [0.2, 0.25) is 0 Å². The van der Waals surface area contributed by atoms with Gasteiger partial charge in [-0.1, -0.05) is 6.42 Å². The van der Waals surface area contributed by atoms with Crippen LogP contribution in [0, 0.1) is 17.1 Å². The van der Waals surface area contributed by atoms with Gasteiger partial charge in [-0.2, -0.15) is 5.26 Å². The van der Waals surface area contributed by atoms with E-state index in [1.54, 1.807) is 6.07 Å². The molecule has 1 aliphatic rings. The Kier molecular flexibility index (Phi) is 4.22. The number of pyridine rings is 1. The SMILES string of the molecule is N#Cc1c[nH]n2c(=O)cc(CN3CCCCC3c3ccc(F)cn3)nc12. The Morgan fingerprint density at radius 3 is 3.04 bits per heavy atom. The van der Waals surface area contributed by atoms with Crippen LogP contribution in [0.25, 0.3) is 5.65 Å². The predicted molar refractivity (Wildman–Crippen MR) is 91.7 cm³/mol. The Balaban J connectivity index is 1.66. The van der Waals surface area contributed by atoms with Crippen molar-refractivity contribution in [3.05, 3.63) is 63.7 Å². The molecule has 3 aromatic heterocycles. The van der Waals surface area contributed by atoms with Crippen LogP contribution in [0.3, 0.4) is 0 Å². The molecule has 0 saturated carbocycles. The summed E-state index contributed by atoms with van der Waals surface area (Å²) < 4.78 is 14.4. The van der Waals surface area contributed by atoms with Gasteiger partial charge in [0.15, 0.2) is 5.65 Å². The second-order valence-corrected chi connectivity index (χ2v) is 6.43. The van der Waals surface area contributed by atoms with Gasteiger partial charge in [-0.15, -0.1) is 0 Å². The number of nitriles is 1. The molecule has 4 rings (SSSR count). The monoisotopic (exact) mass is 352 g/mol. The Hall–Kier alpha value is -3.05. The number of likely N-dealkylation sites (tertiary alicyclic amines) is 1. The maximum atomic E-state index is 13.2. The van der Waals surface area contributed by atoms with Crippen molar-refractivity contribution >= 4 is 5.65 Å². The number of piperidine rings is 1. The first-order valence-corrected chi connectivity index (χ1v) is 8.51. The van der Waals surface area contributed by atoms with Crippen molar-refractivity contribution in [3.63, 3.8) is 0 Å². The molecule has 0 aliphatic carbocycles. The fraction of sp³-hybridized carbons (Fsp3) is 0.333. The summed E-state index contributed by atoms with van der Waals surface area (Å²) >= 11 is 0. The van der Waals surface area contributed by atoms with Crippen LogP contribution in [0.5, 0.6) is 0 Å². The lowest BCUT2D eigenvalue weighted by molar-refractivity contribution is 0.135. The van der Waals surface area contributed by atoms with Gasteiger partial charge in [-0.05, 0) is 31.5 Å². The number of nitrogens with one attached hydrogen (secondary N) is 1. The first kappa shape index (κ1) is 16.4. The highest BCUT2D eigenvalue weighted by atomic mass is 19.1. The molecule has 1 N–H and O–H groups in total. The number of hydrogen-bond acceptors (Lipinski definition) is 5. The van der Waals surface area contributed by atoms with Crippen LogP contribution in [0.1, 0.15) is 42.3 Å². The highest BCUT2D eigenvalue weighted by Gasteiger charge is 2.26. The number of hydrogen-bond donors (Lipinski definition) is 1. The number of halogens is 1. The highest BCUT2D eigenvalue weighted by molar-refractivity contribution is 5.53. The average Bonchev–Trinajstić information content (AvgIpc) is 3.06. The van der Waals surface area contributed by atoms with Crippen LogP contribution in [-0.4, -0.2) is 31.0 Å². The molecule has 8 heteroatoms. The van der Waals surface area contributed by atoms with E-state index < -0.39 is 0 Å². The molecule has 0 amide bonds. The average molecular weight is 352 g/mol. The van der Waals surface area contributed by atoms with E-state index in [0.29, 0.717) is 23.4 Å². The summed E-state index contributed by atoms with van der Waals surface area (Å²) in [6, 6.07) is 6.71. The molecule has 0 bridgehead atoms. The van der Waals surface area contributed by atoms with Crippen LogP contribution in [0.2, 0.25) is 0 Å². The van der Waals surface area contributed by atoms with Crippen LogP contribution in [-0.2, 0) is 6.54 Å². The molecule has 26 heavy (non-hydrogen) atoms. The molecule has 0 radical (unpaired) electrons. The van der Waals surface area contributed by atoms with Gasteiger partial charge in [0, 0.05) is 18.8 Å². The van der Waals surface area contributed by atoms with Crippen molar-refractivity contribution in [1.29, 1.82) is 5.26 Å². The summed E-state index contributed by atoms with van der Waals surface area (Å²) in [6.45, 7) is 1.33. The van der Waals surface area contributed by atoms with E-state index in [0.717, 1.165) is 31.5 Å². The zero-order chi connectivity index (χ0) is 18.1. The first-order chi connectivity index (χ1) is 12.7. The molecule has 4 heterocycles.